The summed E-state index contributed by atoms with van der Waals surface area (Å²) in [5.41, 5.74) is 2.95. The Kier molecular flexibility index (Phi) is 5.69. The van der Waals surface area contributed by atoms with E-state index in [1.165, 1.54) is 12.0 Å². The summed E-state index contributed by atoms with van der Waals surface area (Å²) in [6.45, 7) is 3.99. The van der Waals surface area contributed by atoms with Gasteiger partial charge < -0.3 is 9.61 Å². The van der Waals surface area contributed by atoms with Gasteiger partial charge in [-0.15, -0.1) is 11.3 Å². The fourth-order valence-corrected chi connectivity index (χ4v) is 5.96. The van der Waals surface area contributed by atoms with Gasteiger partial charge in [0.05, 0.1) is 11.0 Å². The van der Waals surface area contributed by atoms with Gasteiger partial charge in [-0.05, 0) is 38.0 Å². The molecule has 1 aliphatic carbocycles. The average molecular weight is 438 g/mol. The number of halogens is 1. The number of aryl methyl sites for hydroxylation is 2. The van der Waals surface area contributed by atoms with Gasteiger partial charge in [-0.25, -0.2) is 0 Å². The molecule has 0 spiro atoms. The molecule has 132 valence electrons. The Morgan fingerprint density at radius 3 is 2.76 bits per heavy atom. The second-order valence-electron chi connectivity index (χ2n) is 6.16. The van der Waals surface area contributed by atoms with E-state index in [9.17, 15) is 4.57 Å². The van der Waals surface area contributed by atoms with E-state index in [2.05, 4.69) is 45.3 Å². The number of anilines is 1. The van der Waals surface area contributed by atoms with Crippen molar-refractivity contribution >= 4 is 45.8 Å². The minimum absolute atomic E-state index is 0.366. The Hall–Kier alpha value is -1.13. The first-order valence-corrected chi connectivity index (χ1v) is 11.4. The summed E-state index contributed by atoms with van der Waals surface area (Å²) in [7, 11) is -1.66. The van der Waals surface area contributed by atoms with E-state index in [0.717, 1.165) is 33.0 Å². The molecule has 2 aromatic rings. The molecule has 0 saturated carbocycles. The van der Waals surface area contributed by atoms with Gasteiger partial charge in [0.1, 0.15) is 0 Å². The predicted molar refractivity (Wildman–Crippen MR) is 112 cm³/mol. The SMILES string of the molecule is COP(=O)(Nc1csc(C2C=CC(Br)=CC2)c1)c1ccc(C)cc1C. The first-order valence-electron chi connectivity index (χ1n) is 8.05. The molecule has 3 nitrogen and oxygen atoms in total. The molecule has 0 radical (unpaired) electrons. The van der Waals surface area contributed by atoms with E-state index in [1.807, 2.05) is 37.4 Å². The zero-order valence-corrected chi connectivity index (χ0v) is 17.8. The molecule has 1 aromatic heterocycles. The molecule has 6 heteroatoms. The second kappa shape index (κ2) is 7.63. The van der Waals surface area contributed by atoms with Crippen LogP contribution in [0.5, 0.6) is 0 Å². The van der Waals surface area contributed by atoms with Crippen LogP contribution < -0.4 is 10.4 Å². The summed E-state index contributed by atoms with van der Waals surface area (Å²) >= 11 is 5.17. The summed E-state index contributed by atoms with van der Waals surface area (Å²) < 4.78 is 19.9. The van der Waals surface area contributed by atoms with Crippen molar-refractivity contribution in [1.29, 1.82) is 0 Å². The number of allylic oxidation sites excluding steroid dienone is 4. The van der Waals surface area contributed by atoms with Crippen LogP contribution in [-0.2, 0) is 9.09 Å². The van der Waals surface area contributed by atoms with Crippen LogP contribution in [0.4, 0.5) is 5.69 Å². The first-order chi connectivity index (χ1) is 11.9. The van der Waals surface area contributed by atoms with Gasteiger partial charge in [-0.3, -0.25) is 4.57 Å². The van der Waals surface area contributed by atoms with Crippen LogP contribution >= 0.6 is 34.8 Å². The molecule has 1 heterocycles. The van der Waals surface area contributed by atoms with E-state index < -0.39 is 7.52 Å². The minimum atomic E-state index is -3.15. The predicted octanol–water partition coefficient (Wildman–Crippen LogP) is 6.26. The molecule has 1 aromatic carbocycles. The number of thiophene rings is 1. The van der Waals surface area contributed by atoms with Gasteiger partial charge in [-0.1, -0.05) is 51.9 Å². The lowest BCUT2D eigenvalue weighted by atomic mass is 9.99. The monoisotopic (exact) mass is 437 g/mol. The van der Waals surface area contributed by atoms with Crippen LogP contribution in [0.15, 0.2) is 52.4 Å². The Balaban J connectivity index is 1.83. The molecular formula is C19H21BrNO2PS. The first kappa shape index (κ1) is 18.7. The van der Waals surface area contributed by atoms with Gasteiger partial charge in [0.15, 0.2) is 0 Å². The van der Waals surface area contributed by atoms with Gasteiger partial charge in [0.2, 0.25) is 0 Å². The second-order valence-corrected chi connectivity index (χ2v) is 10.2. The zero-order valence-electron chi connectivity index (χ0n) is 14.5. The standard InChI is InChI=1S/C19H21BrNO2PS/c1-13-4-9-18(14(2)10-13)24(22,23-3)21-17-11-19(25-12-17)15-5-7-16(20)8-6-15/h4-5,7-12,15H,6H2,1-3H3,(H,21,22). The van der Waals surface area contributed by atoms with E-state index in [-0.39, 0.29) is 0 Å². The van der Waals surface area contributed by atoms with Gasteiger partial charge in [0.25, 0.3) is 0 Å². The number of rotatable bonds is 5. The van der Waals surface area contributed by atoms with Gasteiger partial charge in [0, 0.05) is 27.8 Å². The highest BCUT2D eigenvalue weighted by molar-refractivity contribution is 9.11. The molecule has 0 bridgehead atoms. The fraction of sp³-hybridized carbons (Fsp3) is 0.263. The third-order valence-electron chi connectivity index (χ3n) is 4.24. The number of hydrogen-bond acceptors (Lipinski definition) is 3. The summed E-state index contributed by atoms with van der Waals surface area (Å²) in [6.07, 6.45) is 7.42. The van der Waals surface area contributed by atoms with Crippen molar-refractivity contribution in [1.82, 2.24) is 0 Å². The third-order valence-corrected chi connectivity index (χ3v) is 8.10. The highest BCUT2D eigenvalue weighted by Gasteiger charge is 2.27. The van der Waals surface area contributed by atoms with E-state index >= 15 is 0 Å². The largest absolute Gasteiger partial charge is 0.323 e. The lowest BCUT2D eigenvalue weighted by Gasteiger charge is -2.20. The number of nitrogens with one attached hydrogen (secondary N) is 1. The molecule has 1 aliphatic rings. The van der Waals surface area contributed by atoms with Gasteiger partial charge in [-0.2, -0.15) is 0 Å². The maximum absolute atomic E-state index is 13.4. The molecule has 0 aliphatic heterocycles. The van der Waals surface area contributed by atoms with Crippen molar-refractivity contribution in [3.63, 3.8) is 0 Å². The van der Waals surface area contributed by atoms with E-state index in [4.69, 9.17) is 4.52 Å². The van der Waals surface area contributed by atoms with Crippen molar-refractivity contribution in [3.8, 4) is 0 Å². The van der Waals surface area contributed by atoms with Crippen molar-refractivity contribution in [3.05, 3.63) is 68.4 Å². The molecule has 25 heavy (non-hydrogen) atoms. The van der Waals surface area contributed by atoms with E-state index in [1.54, 1.807) is 11.3 Å². The van der Waals surface area contributed by atoms with Crippen LogP contribution in [0.25, 0.3) is 0 Å². The highest BCUT2D eigenvalue weighted by atomic mass is 79.9. The smallest absolute Gasteiger partial charge is 0.314 e. The lowest BCUT2D eigenvalue weighted by molar-refractivity contribution is 0.407. The quantitative estimate of drug-likeness (QED) is 0.560. The van der Waals surface area contributed by atoms with Crippen LogP contribution in [-0.4, -0.2) is 7.11 Å². The Labute approximate surface area is 161 Å². The van der Waals surface area contributed by atoms with Crippen LogP contribution in [0, 0.1) is 13.8 Å². The summed E-state index contributed by atoms with van der Waals surface area (Å²) in [5, 5.41) is 5.87. The number of benzene rings is 1. The third kappa shape index (κ3) is 4.17. The molecular weight excluding hydrogens is 417 g/mol. The molecule has 1 N–H and O–H groups in total. The average Bonchev–Trinajstić information content (AvgIpc) is 3.03. The topological polar surface area (TPSA) is 38.3 Å². The lowest BCUT2D eigenvalue weighted by Crippen LogP contribution is -2.16. The molecule has 0 saturated heterocycles. The normalized spacial score (nSPS) is 19.4. The summed E-state index contributed by atoms with van der Waals surface area (Å²) in [6, 6.07) is 7.95. The van der Waals surface area contributed by atoms with Crippen LogP contribution in [0.3, 0.4) is 0 Å². The Morgan fingerprint density at radius 1 is 1.32 bits per heavy atom. The fourth-order valence-electron chi connectivity index (χ4n) is 2.92. The summed E-state index contributed by atoms with van der Waals surface area (Å²) in [5.74, 6) is 0.366. The molecule has 2 atom stereocenters. The Morgan fingerprint density at radius 2 is 2.12 bits per heavy atom. The zero-order chi connectivity index (χ0) is 18.0. The van der Waals surface area contributed by atoms with E-state index in [0.29, 0.717) is 5.92 Å². The highest BCUT2D eigenvalue weighted by Crippen LogP contribution is 2.47. The molecule has 3 rings (SSSR count). The maximum Gasteiger partial charge on any atom is 0.323 e. The van der Waals surface area contributed by atoms with Crippen LogP contribution in [0.1, 0.15) is 28.3 Å². The number of hydrogen-bond donors (Lipinski definition) is 1. The Bertz CT molecular complexity index is 887. The molecule has 0 amide bonds. The molecule has 0 fully saturated rings. The summed E-state index contributed by atoms with van der Waals surface area (Å²) in [4.78, 5) is 1.25. The molecule has 2 unspecified atom stereocenters. The van der Waals surface area contributed by atoms with Crippen molar-refractivity contribution in [2.24, 2.45) is 0 Å². The van der Waals surface area contributed by atoms with Crippen molar-refractivity contribution in [2.45, 2.75) is 26.2 Å². The van der Waals surface area contributed by atoms with Crippen molar-refractivity contribution < 1.29 is 9.09 Å². The van der Waals surface area contributed by atoms with Crippen molar-refractivity contribution in [2.75, 3.05) is 12.2 Å². The minimum Gasteiger partial charge on any atom is -0.314 e. The van der Waals surface area contributed by atoms with Gasteiger partial charge >= 0.3 is 7.52 Å². The maximum atomic E-state index is 13.4. The van der Waals surface area contributed by atoms with Crippen LogP contribution in [0.2, 0.25) is 0 Å².